The van der Waals surface area contributed by atoms with Crippen LogP contribution in [0.25, 0.3) is 0 Å². The minimum Gasteiger partial charge on any atom is -0.508 e. The number of sulfone groups is 1. The van der Waals surface area contributed by atoms with Crippen molar-refractivity contribution in [1.29, 1.82) is 0 Å². The summed E-state index contributed by atoms with van der Waals surface area (Å²) in [5, 5.41) is 29.5. The fraction of sp³-hybridized carbons (Fsp3) is 0.333. The Labute approximate surface area is 366 Å². The number of carbonyl (C=O) groups is 2. The first-order chi connectivity index (χ1) is 29.6. The monoisotopic (exact) mass is 882 g/mol. The molecule has 2 aliphatic heterocycles. The van der Waals surface area contributed by atoms with Crippen LogP contribution in [0.1, 0.15) is 66.2 Å². The van der Waals surface area contributed by atoms with E-state index in [1.807, 2.05) is 13.8 Å². The molecule has 0 unspecified atom stereocenters. The summed E-state index contributed by atoms with van der Waals surface area (Å²) in [6.07, 6.45) is 1.40. The highest BCUT2D eigenvalue weighted by Gasteiger charge is 2.29. The summed E-state index contributed by atoms with van der Waals surface area (Å²) in [6, 6.07) is 20.9. The molecular formula is C45H51ClN8O7S. The number of piperazine rings is 1. The van der Waals surface area contributed by atoms with Gasteiger partial charge in [-0.25, -0.2) is 13.4 Å². The van der Waals surface area contributed by atoms with E-state index in [-0.39, 0.29) is 63.0 Å². The number of fused-ring (bicyclic) bond motifs is 1. The molecule has 5 aromatic rings. The van der Waals surface area contributed by atoms with Gasteiger partial charge in [0.15, 0.2) is 15.7 Å². The fourth-order valence-electron chi connectivity index (χ4n) is 7.57. The van der Waals surface area contributed by atoms with Crippen LogP contribution in [0.4, 0.5) is 28.8 Å². The molecule has 0 bridgehead atoms. The molecule has 0 atom stereocenters. The number of phenolic OH excluding ortho intramolecular Hbond substituents is 2. The number of ether oxygens (including phenoxy) is 1. The molecule has 7 rings (SSSR count). The zero-order valence-corrected chi connectivity index (χ0v) is 36.8. The summed E-state index contributed by atoms with van der Waals surface area (Å²) in [5.41, 5.74) is 5.44. The third-order valence-corrected chi connectivity index (χ3v) is 13.5. The van der Waals surface area contributed by atoms with E-state index in [1.165, 1.54) is 25.4 Å². The van der Waals surface area contributed by atoms with Gasteiger partial charge >= 0.3 is 0 Å². The SMILES string of the molecule is COc1ccc(NC(=O)CN2CCN(Cc3ccc4c(c3)CN(C(=O)c3cc(C(C)C)c(O)cc3O)C4)CC2)cc1Nc1ncc(Cl)c(Nc2ccccc2S(=O)(=O)C(C)C)n1. The third kappa shape index (κ3) is 9.89. The summed E-state index contributed by atoms with van der Waals surface area (Å²) in [5.74, 6) is 0.127. The Morgan fingerprint density at radius 1 is 0.855 bits per heavy atom. The minimum absolute atomic E-state index is 0.00652. The lowest BCUT2D eigenvalue weighted by molar-refractivity contribution is -0.117. The van der Waals surface area contributed by atoms with Crippen LogP contribution in [0.2, 0.25) is 5.02 Å². The smallest absolute Gasteiger partial charge is 0.258 e. The van der Waals surface area contributed by atoms with Crippen molar-refractivity contribution in [3.05, 3.63) is 112 Å². The first-order valence-corrected chi connectivity index (χ1v) is 22.3. The van der Waals surface area contributed by atoms with E-state index in [9.17, 15) is 28.2 Å². The van der Waals surface area contributed by atoms with Crippen LogP contribution in [0.15, 0.2) is 83.9 Å². The topological polar surface area (TPSA) is 190 Å². The second kappa shape index (κ2) is 18.6. The first kappa shape index (κ1) is 44.1. The van der Waals surface area contributed by atoms with Crippen LogP contribution in [0.3, 0.4) is 0 Å². The molecule has 0 spiro atoms. The number of amides is 2. The van der Waals surface area contributed by atoms with Crippen molar-refractivity contribution < 1.29 is 33.0 Å². The number of nitrogens with zero attached hydrogens (tertiary/aromatic N) is 5. The van der Waals surface area contributed by atoms with Gasteiger partial charge in [0, 0.05) is 57.6 Å². The molecule has 0 aliphatic carbocycles. The Kier molecular flexibility index (Phi) is 13.2. The molecule has 2 amide bonds. The Hall–Kier alpha value is -5.94. The third-order valence-electron chi connectivity index (χ3n) is 11.1. The van der Waals surface area contributed by atoms with Crippen LogP contribution in [0.5, 0.6) is 17.2 Å². The number of rotatable bonds is 14. The standard InChI is InChI=1S/C45H51ClN8O7S/c1-27(2)33-20-34(39(56)21-38(33)55)44(58)54-24-30-11-10-29(18-31(30)25-54)23-52-14-16-53(17-15-52)26-42(57)48-32-12-13-40(61-5)37(19-32)50-45-47-22-35(46)43(51-45)49-36-8-6-7-9-41(36)62(59,60)28(3)4/h6-13,18-22,27-28,55-56H,14-17,23-26H2,1-5H3,(H,48,57)(H2,47,49,50,51). The number of methoxy groups -OCH3 is 1. The van der Waals surface area contributed by atoms with Crippen molar-refractivity contribution in [3.8, 4) is 17.2 Å². The number of para-hydroxylation sites is 1. The van der Waals surface area contributed by atoms with E-state index < -0.39 is 15.1 Å². The molecule has 1 saturated heterocycles. The zero-order valence-electron chi connectivity index (χ0n) is 35.3. The van der Waals surface area contributed by atoms with Gasteiger partial charge in [-0.3, -0.25) is 19.4 Å². The van der Waals surface area contributed by atoms with Crippen molar-refractivity contribution in [3.63, 3.8) is 0 Å². The predicted molar refractivity (Wildman–Crippen MR) is 240 cm³/mol. The second-order valence-corrected chi connectivity index (χ2v) is 19.0. The van der Waals surface area contributed by atoms with Gasteiger partial charge in [0.2, 0.25) is 11.9 Å². The Bertz CT molecular complexity index is 2600. The number of hydrogen-bond donors (Lipinski definition) is 5. The number of nitrogens with one attached hydrogen (secondary N) is 3. The number of aromatic nitrogens is 2. The van der Waals surface area contributed by atoms with Crippen LogP contribution in [-0.4, -0.2) is 100 Å². The van der Waals surface area contributed by atoms with Gasteiger partial charge in [0.1, 0.15) is 22.3 Å². The zero-order chi connectivity index (χ0) is 44.3. The molecule has 17 heteroatoms. The van der Waals surface area contributed by atoms with E-state index in [0.717, 1.165) is 36.3 Å². The van der Waals surface area contributed by atoms with Crippen LogP contribution >= 0.6 is 11.6 Å². The maximum absolute atomic E-state index is 13.5. The molecule has 326 valence electrons. The number of anilines is 5. The van der Waals surface area contributed by atoms with E-state index in [4.69, 9.17) is 16.3 Å². The highest BCUT2D eigenvalue weighted by atomic mass is 35.5. The quantitative estimate of drug-likeness (QED) is 0.0751. The van der Waals surface area contributed by atoms with Gasteiger partial charge in [0.05, 0.1) is 46.9 Å². The predicted octanol–water partition coefficient (Wildman–Crippen LogP) is 7.25. The van der Waals surface area contributed by atoms with Gasteiger partial charge in [-0.05, 0) is 78.4 Å². The van der Waals surface area contributed by atoms with Gasteiger partial charge in [-0.1, -0.05) is 55.8 Å². The highest BCUT2D eigenvalue weighted by molar-refractivity contribution is 7.92. The number of halogens is 1. The second-order valence-electron chi connectivity index (χ2n) is 16.1. The number of phenols is 2. The van der Waals surface area contributed by atoms with Gasteiger partial charge < -0.3 is 35.8 Å². The molecule has 5 N–H and O–H groups in total. The van der Waals surface area contributed by atoms with E-state index in [1.54, 1.807) is 61.2 Å². The lowest BCUT2D eigenvalue weighted by Crippen LogP contribution is -2.48. The van der Waals surface area contributed by atoms with Crippen molar-refractivity contribution >= 4 is 62.1 Å². The van der Waals surface area contributed by atoms with Crippen molar-refractivity contribution in [1.82, 2.24) is 24.7 Å². The molecule has 1 fully saturated rings. The molecule has 2 aliphatic rings. The van der Waals surface area contributed by atoms with E-state index in [2.05, 4.69) is 53.9 Å². The number of aromatic hydroxyl groups is 2. The number of carbonyl (C=O) groups excluding carboxylic acids is 2. The number of benzene rings is 4. The molecule has 0 radical (unpaired) electrons. The highest BCUT2D eigenvalue weighted by Crippen LogP contribution is 2.36. The maximum Gasteiger partial charge on any atom is 0.258 e. The molecule has 1 aromatic heterocycles. The minimum atomic E-state index is -3.60. The molecular weight excluding hydrogens is 832 g/mol. The fourth-order valence-corrected chi connectivity index (χ4v) is 8.91. The summed E-state index contributed by atoms with van der Waals surface area (Å²) in [7, 11) is -2.08. The summed E-state index contributed by atoms with van der Waals surface area (Å²) < 4.78 is 31.6. The van der Waals surface area contributed by atoms with E-state index in [0.29, 0.717) is 54.6 Å². The summed E-state index contributed by atoms with van der Waals surface area (Å²) in [4.78, 5) is 41.9. The van der Waals surface area contributed by atoms with E-state index >= 15 is 0 Å². The van der Waals surface area contributed by atoms with Crippen LogP contribution in [-0.2, 0) is 34.3 Å². The van der Waals surface area contributed by atoms with Gasteiger partial charge in [-0.15, -0.1) is 0 Å². The molecule has 15 nitrogen and oxygen atoms in total. The molecule has 3 heterocycles. The maximum atomic E-state index is 13.5. The molecule has 0 saturated carbocycles. The van der Waals surface area contributed by atoms with Gasteiger partial charge in [-0.2, -0.15) is 4.98 Å². The first-order valence-electron chi connectivity index (χ1n) is 20.4. The Balaban J connectivity index is 0.919. The largest absolute Gasteiger partial charge is 0.508 e. The van der Waals surface area contributed by atoms with Crippen molar-refractivity contribution in [2.45, 2.75) is 63.4 Å². The Morgan fingerprint density at radius 2 is 1.58 bits per heavy atom. The lowest BCUT2D eigenvalue weighted by Gasteiger charge is -2.34. The van der Waals surface area contributed by atoms with Crippen LogP contribution < -0.4 is 20.7 Å². The molecule has 62 heavy (non-hydrogen) atoms. The van der Waals surface area contributed by atoms with Crippen molar-refractivity contribution in [2.75, 3.05) is 55.8 Å². The summed E-state index contributed by atoms with van der Waals surface area (Å²) >= 11 is 6.44. The normalized spacial score (nSPS) is 14.5. The van der Waals surface area contributed by atoms with Gasteiger partial charge in [0.25, 0.3) is 5.91 Å². The lowest BCUT2D eigenvalue weighted by atomic mass is 9.98. The average Bonchev–Trinajstić information content (AvgIpc) is 3.66. The van der Waals surface area contributed by atoms with Crippen molar-refractivity contribution in [2.24, 2.45) is 0 Å². The molecule has 4 aromatic carbocycles. The number of hydrogen-bond acceptors (Lipinski definition) is 13. The van der Waals surface area contributed by atoms with Crippen LogP contribution in [0, 0.1) is 0 Å². The Morgan fingerprint density at radius 3 is 2.31 bits per heavy atom. The summed E-state index contributed by atoms with van der Waals surface area (Å²) in [6.45, 7) is 11.9. The average molecular weight is 883 g/mol.